The second-order valence-corrected chi connectivity index (χ2v) is 6.36. The summed E-state index contributed by atoms with van der Waals surface area (Å²) in [5.74, 6) is -0.364. The van der Waals surface area contributed by atoms with Gasteiger partial charge >= 0.3 is 6.18 Å². The number of aliphatic hydroxyl groups excluding tert-OH is 1. The van der Waals surface area contributed by atoms with E-state index in [9.17, 15) is 21.6 Å². The van der Waals surface area contributed by atoms with Crippen LogP contribution in [0.15, 0.2) is 0 Å². The highest BCUT2D eigenvalue weighted by molar-refractivity contribution is 7.91. The predicted octanol–water partition coefficient (Wildman–Crippen LogP) is 0.0780. The Morgan fingerprint density at radius 3 is 2.12 bits per heavy atom. The van der Waals surface area contributed by atoms with Gasteiger partial charge < -0.3 is 10.4 Å². The van der Waals surface area contributed by atoms with Crippen LogP contribution in [0.3, 0.4) is 0 Å². The zero-order valence-electron chi connectivity index (χ0n) is 8.55. The molecule has 1 saturated heterocycles. The summed E-state index contributed by atoms with van der Waals surface area (Å²) in [6, 6.07) is 0. The molecule has 4 nitrogen and oxygen atoms in total. The van der Waals surface area contributed by atoms with Gasteiger partial charge in [-0.3, -0.25) is 0 Å². The van der Waals surface area contributed by atoms with Crippen molar-refractivity contribution in [2.75, 3.05) is 24.7 Å². The lowest BCUT2D eigenvalue weighted by Gasteiger charge is -2.36. The second-order valence-electron chi connectivity index (χ2n) is 4.06. The largest absolute Gasteiger partial charge is 0.401 e. The van der Waals surface area contributed by atoms with Crippen molar-refractivity contribution in [3.05, 3.63) is 0 Å². The van der Waals surface area contributed by atoms with Gasteiger partial charge in [0.05, 0.1) is 24.7 Å². The van der Waals surface area contributed by atoms with E-state index in [1.807, 2.05) is 0 Å². The van der Waals surface area contributed by atoms with Gasteiger partial charge in [-0.15, -0.1) is 0 Å². The molecule has 8 heteroatoms. The smallest absolute Gasteiger partial charge is 0.394 e. The number of alkyl halides is 3. The van der Waals surface area contributed by atoms with Crippen molar-refractivity contribution in [2.24, 2.45) is 0 Å². The molecule has 1 fully saturated rings. The van der Waals surface area contributed by atoms with E-state index < -0.39 is 34.7 Å². The first-order chi connectivity index (χ1) is 7.18. The molecule has 96 valence electrons. The summed E-state index contributed by atoms with van der Waals surface area (Å²) in [7, 11) is -3.15. The minimum atomic E-state index is -4.36. The average Bonchev–Trinajstić information content (AvgIpc) is 2.16. The lowest BCUT2D eigenvalue weighted by atomic mass is 9.93. The topological polar surface area (TPSA) is 66.4 Å². The predicted molar refractivity (Wildman–Crippen MR) is 51.8 cm³/mol. The lowest BCUT2D eigenvalue weighted by Crippen LogP contribution is -2.55. The highest BCUT2D eigenvalue weighted by Crippen LogP contribution is 2.25. The summed E-state index contributed by atoms with van der Waals surface area (Å²) < 4.78 is 58.3. The Hall–Kier alpha value is -0.340. The monoisotopic (exact) mass is 261 g/mol. The zero-order valence-corrected chi connectivity index (χ0v) is 9.36. The van der Waals surface area contributed by atoms with E-state index in [1.165, 1.54) is 0 Å². The summed E-state index contributed by atoms with van der Waals surface area (Å²) in [6.07, 6.45) is -4.33. The molecule has 2 N–H and O–H groups in total. The fourth-order valence-corrected chi connectivity index (χ4v) is 3.21. The van der Waals surface area contributed by atoms with Crippen molar-refractivity contribution < 1.29 is 26.7 Å². The lowest BCUT2D eigenvalue weighted by molar-refractivity contribution is -0.130. The molecule has 0 radical (unpaired) electrons. The molecule has 1 aliphatic heterocycles. The van der Waals surface area contributed by atoms with Crippen molar-refractivity contribution >= 4 is 9.84 Å². The van der Waals surface area contributed by atoms with E-state index in [4.69, 9.17) is 5.11 Å². The van der Waals surface area contributed by atoms with Crippen LogP contribution < -0.4 is 5.32 Å². The van der Waals surface area contributed by atoms with Crippen LogP contribution in [0.1, 0.15) is 12.8 Å². The van der Waals surface area contributed by atoms with Crippen molar-refractivity contribution in [1.29, 1.82) is 0 Å². The third kappa shape index (κ3) is 3.91. The molecule has 1 rings (SSSR count). The minimum Gasteiger partial charge on any atom is -0.394 e. The molecule has 0 saturated carbocycles. The summed E-state index contributed by atoms with van der Waals surface area (Å²) in [4.78, 5) is 0. The molecule has 0 spiro atoms. The molecule has 0 aromatic rings. The van der Waals surface area contributed by atoms with Gasteiger partial charge in [0.15, 0.2) is 0 Å². The molecule has 0 aromatic carbocycles. The number of aliphatic hydroxyl groups is 1. The van der Waals surface area contributed by atoms with Gasteiger partial charge in [-0.05, 0) is 12.8 Å². The number of sulfone groups is 1. The molecule has 0 aliphatic carbocycles. The number of nitrogens with one attached hydrogen (secondary N) is 1. The van der Waals surface area contributed by atoms with E-state index in [2.05, 4.69) is 5.32 Å². The highest BCUT2D eigenvalue weighted by Gasteiger charge is 2.39. The maximum absolute atomic E-state index is 12.0. The van der Waals surface area contributed by atoms with Crippen molar-refractivity contribution in [2.45, 2.75) is 24.6 Å². The maximum atomic E-state index is 12.0. The van der Waals surface area contributed by atoms with Crippen LogP contribution in [0.4, 0.5) is 13.2 Å². The summed E-state index contributed by atoms with van der Waals surface area (Å²) in [5, 5.41) is 11.3. The average molecular weight is 261 g/mol. The number of rotatable bonds is 3. The summed E-state index contributed by atoms with van der Waals surface area (Å²) >= 11 is 0. The third-order valence-corrected chi connectivity index (χ3v) is 4.40. The van der Waals surface area contributed by atoms with Gasteiger partial charge in [0, 0.05) is 5.54 Å². The van der Waals surface area contributed by atoms with Gasteiger partial charge in [0.25, 0.3) is 0 Å². The maximum Gasteiger partial charge on any atom is 0.401 e. The molecular weight excluding hydrogens is 247 g/mol. The van der Waals surface area contributed by atoms with E-state index in [-0.39, 0.29) is 24.3 Å². The molecule has 16 heavy (non-hydrogen) atoms. The second kappa shape index (κ2) is 4.50. The van der Waals surface area contributed by atoms with Crippen LogP contribution in [0.2, 0.25) is 0 Å². The zero-order chi connectivity index (χ0) is 12.4. The Kier molecular flexibility index (Phi) is 3.86. The van der Waals surface area contributed by atoms with Gasteiger partial charge in [-0.1, -0.05) is 0 Å². The Morgan fingerprint density at radius 1 is 1.25 bits per heavy atom. The molecule has 0 atom stereocenters. The minimum absolute atomic E-state index is 0.0158. The van der Waals surface area contributed by atoms with Crippen molar-refractivity contribution in [3.63, 3.8) is 0 Å². The summed E-state index contributed by atoms with van der Waals surface area (Å²) in [6.45, 7) is -1.70. The fraction of sp³-hybridized carbons (Fsp3) is 1.00. The molecular formula is C8H14F3NO3S. The number of hydrogen-bond donors (Lipinski definition) is 2. The number of halogens is 3. The molecule has 0 bridgehead atoms. The molecule has 0 aromatic heterocycles. The van der Waals surface area contributed by atoms with Crippen LogP contribution >= 0.6 is 0 Å². The normalized spacial score (nSPS) is 24.2. The first kappa shape index (κ1) is 13.7. The quantitative estimate of drug-likeness (QED) is 0.755. The Bertz CT molecular complexity index is 325. The standard InChI is InChI=1S/C8H14F3NO3S/c9-8(10,11)5-12-7(6-13)1-3-16(14,15)4-2-7/h12-13H,1-6H2. The van der Waals surface area contributed by atoms with Crippen LogP contribution in [0.25, 0.3) is 0 Å². The molecule has 1 heterocycles. The van der Waals surface area contributed by atoms with Crippen LogP contribution in [-0.2, 0) is 9.84 Å². The molecule has 0 amide bonds. The summed E-state index contributed by atoms with van der Waals surface area (Å²) in [5.41, 5.74) is -1.11. The van der Waals surface area contributed by atoms with E-state index in [0.29, 0.717) is 0 Å². The highest BCUT2D eigenvalue weighted by atomic mass is 32.2. The van der Waals surface area contributed by atoms with Crippen LogP contribution in [0, 0.1) is 0 Å². The Balaban J connectivity index is 2.60. The van der Waals surface area contributed by atoms with Crippen LogP contribution in [-0.4, -0.2) is 49.9 Å². The van der Waals surface area contributed by atoms with E-state index >= 15 is 0 Å². The van der Waals surface area contributed by atoms with Crippen LogP contribution in [0.5, 0.6) is 0 Å². The third-order valence-electron chi connectivity index (χ3n) is 2.75. The molecule has 0 unspecified atom stereocenters. The van der Waals surface area contributed by atoms with Crippen molar-refractivity contribution in [3.8, 4) is 0 Å². The van der Waals surface area contributed by atoms with Gasteiger partial charge in [-0.2, -0.15) is 13.2 Å². The van der Waals surface area contributed by atoms with Gasteiger partial charge in [0.2, 0.25) is 0 Å². The van der Waals surface area contributed by atoms with Crippen molar-refractivity contribution in [1.82, 2.24) is 5.32 Å². The van der Waals surface area contributed by atoms with Gasteiger partial charge in [0.1, 0.15) is 9.84 Å². The Labute approximate surface area is 91.8 Å². The first-order valence-electron chi connectivity index (χ1n) is 4.81. The molecule has 1 aliphatic rings. The fourth-order valence-electron chi connectivity index (χ4n) is 1.61. The number of hydrogen-bond acceptors (Lipinski definition) is 4. The Morgan fingerprint density at radius 2 is 1.75 bits per heavy atom. The van der Waals surface area contributed by atoms with E-state index in [1.54, 1.807) is 0 Å². The van der Waals surface area contributed by atoms with E-state index in [0.717, 1.165) is 0 Å². The first-order valence-corrected chi connectivity index (χ1v) is 6.63. The van der Waals surface area contributed by atoms with Gasteiger partial charge in [-0.25, -0.2) is 8.42 Å². The SMILES string of the molecule is O=S1(=O)CCC(CO)(NCC(F)(F)F)CC1.